The summed E-state index contributed by atoms with van der Waals surface area (Å²) in [6, 6.07) is 1.82. The zero-order chi connectivity index (χ0) is 18.0. The van der Waals surface area contributed by atoms with Gasteiger partial charge in [-0.3, -0.25) is 14.6 Å². The molecule has 9 heteroatoms. The van der Waals surface area contributed by atoms with Crippen molar-refractivity contribution in [1.29, 1.82) is 0 Å². The lowest BCUT2D eigenvalue weighted by molar-refractivity contribution is -0.120. The van der Waals surface area contributed by atoms with Crippen LogP contribution in [0.25, 0.3) is 0 Å². The predicted octanol–water partition coefficient (Wildman–Crippen LogP) is 1.21. The topological polar surface area (TPSA) is 101 Å². The molecule has 3 rings (SSSR count). The van der Waals surface area contributed by atoms with Crippen LogP contribution in [0.3, 0.4) is 0 Å². The molecule has 1 aliphatic heterocycles. The number of rotatable bonds is 6. The van der Waals surface area contributed by atoms with E-state index in [0.717, 1.165) is 19.5 Å². The maximum Gasteiger partial charge on any atom is 0.242 e. The first-order valence-corrected chi connectivity index (χ1v) is 8.40. The van der Waals surface area contributed by atoms with Crippen LogP contribution in [-0.4, -0.2) is 63.2 Å². The van der Waals surface area contributed by atoms with Crippen LogP contribution >= 0.6 is 0 Å². The number of anilines is 1. The van der Waals surface area contributed by atoms with Gasteiger partial charge >= 0.3 is 0 Å². The van der Waals surface area contributed by atoms with E-state index < -0.39 is 0 Å². The van der Waals surface area contributed by atoms with Crippen molar-refractivity contribution in [2.24, 2.45) is 0 Å². The highest BCUT2D eigenvalue weighted by molar-refractivity contribution is 5.93. The van der Waals surface area contributed by atoms with Crippen molar-refractivity contribution in [1.82, 2.24) is 25.1 Å². The number of hydrogen-bond donors (Lipinski definition) is 1. The van der Waals surface area contributed by atoms with Gasteiger partial charge in [0, 0.05) is 32.1 Å². The Morgan fingerprint density at radius 3 is 2.88 bits per heavy atom. The number of hydrogen-bond acceptors (Lipinski definition) is 8. The summed E-state index contributed by atoms with van der Waals surface area (Å²) >= 11 is 0. The van der Waals surface area contributed by atoms with Crippen LogP contribution in [0.5, 0.6) is 0 Å². The van der Waals surface area contributed by atoms with Crippen molar-refractivity contribution in [3.8, 4) is 0 Å². The average Bonchev–Trinajstić information content (AvgIpc) is 3.28. The van der Waals surface area contributed by atoms with Crippen molar-refractivity contribution in [2.75, 3.05) is 25.5 Å². The molecule has 0 radical (unpaired) electrons. The second kappa shape index (κ2) is 7.32. The minimum Gasteiger partial charge on any atom is -0.360 e. The normalized spacial score (nSPS) is 19.5. The Labute approximate surface area is 146 Å². The highest BCUT2D eigenvalue weighted by atomic mass is 16.5. The molecule has 2 atom stereocenters. The van der Waals surface area contributed by atoms with E-state index in [-0.39, 0.29) is 11.9 Å². The lowest BCUT2D eigenvalue weighted by Gasteiger charge is -2.26. The number of carbonyl (C=O) groups excluding carboxylic acids is 1. The van der Waals surface area contributed by atoms with Crippen molar-refractivity contribution in [2.45, 2.75) is 45.8 Å². The van der Waals surface area contributed by atoms with Gasteiger partial charge in [-0.1, -0.05) is 10.3 Å². The number of aryl methyl sites for hydroxylation is 2. The van der Waals surface area contributed by atoms with E-state index in [2.05, 4.69) is 30.4 Å². The molecule has 3 heterocycles. The van der Waals surface area contributed by atoms with E-state index in [1.807, 2.05) is 14.0 Å². The molecule has 1 saturated heterocycles. The molecule has 25 heavy (non-hydrogen) atoms. The molecule has 0 saturated carbocycles. The molecule has 9 nitrogen and oxygen atoms in total. The first kappa shape index (κ1) is 17.6. The molecule has 1 N–H and O–H groups in total. The van der Waals surface area contributed by atoms with Crippen LogP contribution < -0.4 is 5.32 Å². The third kappa shape index (κ3) is 4.23. The van der Waals surface area contributed by atoms with Gasteiger partial charge in [-0.05, 0) is 27.3 Å². The van der Waals surface area contributed by atoms with Gasteiger partial charge < -0.3 is 14.4 Å². The molecule has 1 fully saturated rings. The van der Waals surface area contributed by atoms with Gasteiger partial charge in [-0.2, -0.15) is 4.98 Å². The molecule has 1 amide bonds. The molecular formula is C16H24N6O3. The zero-order valence-corrected chi connectivity index (χ0v) is 15.0. The Morgan fingerprint density at radius 1 is 1.44 bits per heavy atom. The Hall–Kier alpha value is -2.26. The Kier molecular flexibility index (Phi) is 5.14. The number of likely N-dealkylation sites (N-methyl/N-ethyl adjacent to an activating group) is 1. The lowest BCUT2D eigenvalue weighted by atomic mass is 10.2. The summed E-state index contributed by atoms with van der Waals surface area (Å²) in [7, 11) is 2.04. The van der Waals surface area contributed by atoms with Gasteiger partial charge in [0.1, 0.15) is 5.76 Å². The minimum absolute atomic E-state index is 0.0783. The molecule has 0 spiro atoms. The van der Waals surface area contributed by atoms with Crippen LogP contribution in [0.4, 0.5) is 5.82 Å². The average molecular weight is 348 g/mol. The Bertz CT molecular complexity index is 727. The number of aromatic nitrogens is 3. The third-order valence-electron chi connectivity index (χ3n) is 4.58. The van der Waals surface area contributed by atoms with E-state index in [9.17, 15) is 4.79 Å². The Balaban J connectivity index is 1.51. The van der Waals surface area contributed by atoms with Gasteiger partial charge in [-0.25, -0.2) is 0 Å². The Morgan fingerprint density at radius 2 is 2.24 bits per heavy atom. The molecule has 2 aromatic heterocycles. The number of likely N-dealkylation sites (tertiary alicyclic amines) is 1. The molecule has 136 valence electrons. The molecule has 0 unspecified atom stereocenters. The SMILES string of the molecule is Cc1cc(NC(=O)[C@@H](C)N2CC[C@H](N(C)Cc3noc(C)n3)C2)no1. The molecule has 0 bridgehead atoms. The maximum atomic E-state index is 12.4. The van der Waals surface area contributed by atoms with E-state index >= 15 is 0 Å². The van der Waals surface area contributed by atoms with Crippen LogP contribution in [0.1, 0.15) is 30.8 Å². The van der Waals surface area contributed by atoms with Gasteiger partial charge in [0.15, 0.2) is 11.6 Å². The highest BCUT2D eigenvalue weighted by Gasteiger charge is 2.32. The van der Waals surface area contributed by atoms with E-state index in [0.29, 0.717) is 35.9 Å². The zero-order valence-electron chi connectivity index (χ0n) is 15.0. The smallest absolute Gasteiger partial charge is 0.242 e. The molecule has 1 aliphatic rings. The summed E-state index contributed by atoms with van der Waals surface area (Å²) in [5.74, 6) is 2.30. The standard InChI is InChI=1S/C16H24N6O3/c1-10-7-14(19-24-10)18-16(23)11(2)22-6-5-13(8-22)21(4)9-15-17-12(3)25-20-15/h7,11,13H,5-6,8-9H2,1-4H3,(H,18,19,23)/t11-,13+/m1/s1. The van der Waals surface area contributed by atoms with Gasteiger partial charge in [0.25, 0.3) is 0 Å². The van der Waals surface area contributed by atoms with Crippen molar-refractivity contribution in [3.63, 3.8) is 0 Å². The number of nitrogens with one attached hydrogen (secondary N) is 1. The van der Waals surface area contributed by atoms with Crippen LogP contribution in [0, 0.1) is 13.8 Å². The quantitative estimate of drug-likeness (QED) is 0.831. The number of amides is 1. The first-order valence-electron chi connectivity index (χ1n) is 8.40. The minimum atomic E-state index is -0.233. The first-order chi connectivity index (χ1) is 11.9. The summed E-state index contributed by atoms with van der Waals surface area (Å²) in [5, 5.41) is 10.5. The number of nitrogens with zero attached hydrogens (tertiary/aromatic N) is 5. The molecule has 0 aromatic carbocycles. The summed E-state index contributed by atoms with van der Waals surface area (Å²) in [6.07, 6.45) is 0.994. The predicted molar refractivity (Wildman–Crippen MR) is 89.8 cm³/mol. The van der Waals surface area contributed by atoms with Crippen molar-refractivity contribution >= 4 is 11.7 Å². The second-order valence-corrected chi connectivity index (χ2v) is 6.57. The van der Waals surface area contributed by atoms with Crippen LogP contribution in [0.2, 0.25) is 0 Å². The fraction of sp³-hybridized carbons (Fsp3) is 0.625. The summed E-state index contributed by atoms with van der Waals surface area (Å²) in [4.78, 5) is 21.0. The summed E-state index contributed by atoms with van der Waals surface area (Å²) < 4.78 is 9.99. The molecule has 2 aromatic rings. The van der Waals surface area contributed by atoms with Crippen molar-refractivity contribution < 1.29 is 13.8 Å². The van der Waals surface area contributed by atoms with Gasteiger partial charge in [0.05, 0.1) is 12.6 Å². The summed E-state index contributed by atoms with van der Waals surface area (Å²) in [6.45, 7) is 7.80. The van der Waals surface area contributed by atoms with Crippen molar-refractivity contribution in [3.05, 3.63) is 23.5 Å². The van der Waals surface area contributed by atoms with E-state index in [1.165, 1.54) is 0 Å². The maximum absolute atomic E-state index is 12.4. The third-order valence-corrected chi connectivity index (χ3v) is 4.58. The van der Waals surface area contributed by atoms with E-state index in [4.69, 9.17) is 9.05 Å². The fourth-order valence-corrected chi connectivity index (χ4v) is 3.06. The monoisotopic (exact) mass is 348 g/mol. The van der Waals surface area contributed by atoms with Crippen LogP contribution in [-0.2, 0) is 11.3 Å². The molecular weight excluding hydrogens is 324 g/mol. The molecule has 0 aliphatic carbocycles. The fourth-order valence-electron chi connectivity index (χ4n) is 3.06. The second-order valence-electron chi connectivity index (χ2n) is 6.57. The largest absolute Gasteiger partial charge is 0.360 e. The lowest BCUT2D eigenvalue weighted by Crippen LogP contribution is -2.43. The van der Waals surface area contributed by atoms with E-state index in [1.54, 1.807) is 19.9 Å². The van der Waals surface area contributed by atoms with Crippen LogP contribution in [0.15, 0.2) is 15.1 Å². The summed E-state index contributed by atoms with van der Waals surface area (Å²) in [5.41, 5.74) is 0. The van der Waals surface area contributed by atoms with Gasteiger partial charge in [-0.15, -0.1) is 0 Å². The highest BCUT2D eigenvalue weighted by Crippen LogP contribution is 2.19. The van der Waals surface area contributed by atoms with Gasteiger partial charge in [0.2, 0.25) is 11.8 Å². The number of carbonyl (C=O) groups is 1.